The first-order chi connectivity index (χ1) is 7.00. The van der Waals surface area contributed by atoms with E-state index in [2.05, 4.69) is 27.8 Å². The first-order valence-corrected chi connectivity index (χ1v) is 4.64. The molecule has 0 saturated carbocycles. The number of nitrogens with two attached hydrogens (primary N) is 1. The Bertz CT molecular complexity index is 485. The Morgan fingerprint density at radius 2 is 2.07 bits per heavy atom. The number of benzene rings is 1. The fourth-order valence-corrected chi connectivity index (χ4v) is 1.29. The van der Waals surface area contributed by atoms with Crippen LogP contribution in [0.25, 0.3) is 0 Å². The van der Waals surface area contributed by atoms with Gasteiger partial charge in [-0.1, -0.05) is 21.9 Å². The zero-order chi connectivity index (χ0) is 11.4. The lowest BCUT2D eigenvalue weighted by Gasteiger charge is -1.99. The highest BCUT2D eigenvalue weighted by molar-refractivity contribution is 9.10. The molecule has 76 valence electrons. The number of aromatic carboxylic acids is 1. The van der Waals surface area contributed by atoms with Crippen molar-refractivity contribution in [1.29, 1.82) is 0 Å². The minimum Gasteiger partial charge on any atom is -0.478 e. The van der Waals surface area contributed by atoms with Gasteiger partial charge >= 0.3 is 5.97 Å². The summed E-state index contributed by atoms with van der Waals surface area (Å²) in [6.45, 7) is 0. The normalized spacial score (nSPS) is 8.87. The number of carboxylic acids is 1. The van der Waals surface area contributed by atoms with Gasteiger partial charge in [0.25, 0.3) is 5.91 Å². The summed E-state index contributed by atoms with van der Waals surface area (Å²) in [5.74, 6) is 2.58. The average molecular weight is 268 g/mol. The minimum atomic E-state index is -1.11. The van der Waals surface area contributed by atoms with Crippen LogP contribution in [0.1, 0.15) is 15.9 Å². The molecule has 0 unspecified atom stereocenters. The second kappa shape index (κ2) is 4.62. The molecule has 0 fully saturated rings. The molecule has 0 aliphatic carbocycles. The molecule has 0 aromatic heterocycles. The highest BCUT2D eigenvalue weighted by atomic mass is 79.9. The molecular weight excluding hydrogens is 262 g/mol. The van der Waals surface area contributed by atoms with Crippen LogP contribution >= 0.6 is 15.9 Å². The molecule has 4 nitrogen and oxygen atoms in total. The molecule has 0 radical (unpaired) electrons. The molecule has 0 saturated heterocycles. The van der Waals surface area contributed by atoms with Crippen molar-refractivity contribution >= 4 is 27.8 Å². The number of hydrogen-bond donors (Lipinski definition) is 2. The van der Waals surface area contributed by atoms with Crippen LogP contribution in [0.4, 0.5) is 0 Å². The van der Waals surface area contributed by atoms with E-state index >= 15 is 0 Å². The highest BCUT2D eigenvalue weighted by Crippen LogP contribution is 2.15. The number of hydrogen-bond acceptors (Lipinski definition) is 2. The molecule has 0 bridgehead atoms. The fraction of sp³-hybridized carbons (Fsp3) is 0. The first kappa shape index (κ1) is 11.3. The Morgan fingerprint density at radius 1 is 1.40 bits per heavy atom. The lowest BCUT2D eigenvalue weighted by molar-refractivity contribution is -0.112. The summed E-state index contributed by atoms with van der Waals surface area (Å²) in [5.41, 5.74) is 5.11. The molecule has 0 heterocycles. The third-order valence-electron chi connectivity index (χ3n) is 1.53. The smallest absolute Gasteiger partial charge is 0.337 e. The lowest BCUT2D eigenvalue weighted by Crippen LogP contribution is -2.07. The van der Waals surface area contributed by atoms with Gasteiger partial charge in [-0.15, -0.1) is 0 Å². The number of amides is 1. The first-order valence-electron chi connectivity index (χ1n) is 3.85. The van der Waals surface area contributed by atoms with E-state index in [1.54, 1.807) is 6.07 Å². The Morgan fingerprint density at radius 3 is 2.60 bits per heavy atom. The maximum atomic E-state index is 10.8. The summed E-state index contributed by atoms with van der Waals surface area (Å²) in [7, 11) is 0. The van der Waals surface area contributed by atoms with E-state index in [4.69, 9.17) is 10.8 Å². The SMILES string of the molecule is NC(=O)C#Cc1ccc(Br)cc1C(=O)O. The molecule has 0 aliphatic rings. The van der Waals surface area contributed by atoms with Crippen molar-refractivity contribution in [3.8, 4) is 11.8 Å². The Balaban J connectivity index is 3.25. The maximum Gasteiger partial charge on any atom is 0.337 e. The van der Waals surface area contributed by atoms with Gasteiger partial charge in [-0.3, -0.25) is 4.79 Å². The summed E-state index contributed by atoms with van der Waals surface area (Å²) in [6, 6.07) is 4.55. The molecule has 1 amide bonds. The number of halogens is 1. The van der Waals surface area contributed by atoms with E-state index in [0.29, 0.717) is 4.47 Å². The van der Waals surface area contributed by atoms with Crippen LogP contribution in [-0.4, -0.2) is 17.0 Å². The van der Waals surface area contributed by atoms with Gasteiger partial charge in [0.2, 0.25) is 0 Å². The topological polar surface area (TPSA) is 80.4 Å². The summed E-state index contributed by atoms with van der Waals surface area (Å²) >= 11 is 3.14. The average Bonchev–Trinajstić information content (AvgIpc) is 2.15. The summed E-state index contributed by atoms with van der Waals surface area (Å²) in [5, 5.41) is 8.85. The van der Waals surface area contributed by atoms with Crippen LogP contribution in [-0.2, 0) is 4.79 Å². The standard InChI is InChI=1S/C10H6BrNO3/c11-7-3-1-6(2-4-9(12)13)8(5-7)10(14)15/h1,3,5H,(H2,12,13)(H,14,15). The van der Waals surface area contributed by atoms with Gasteiger partial charge < -0.3 is 10.8 Å². The van der Waals surface area contributed by atoms with E-state index in [0.717, 1.165) is 0 Å². The number of carbonyl (C=O) groups is 2. The van der Waals surface area contributed by atoms with Gasteiger partial charge in [-0.2, -0.15) is 0 Å². The van der Waals surface area contributed by atoms with Gasteiger partial charge in [-0.05, 0) is 18.2 Å². The highest BCUT2D eigenvalue weighted by Gasteiger charge is 2.08. The van der Waals surface area contributed by atoms with E-state index in [-0.39, 0.29) is 11.1 Å². The van der Waals surface area contributed by atoms with E-state index in [1.807, 2.05) is 0 Å². The summed E-state index contributed by atoms with van der Waals surface area (Å²) < 4.78 is 0.629. The molecule has 3 N–H and O–H groups in total. The Labute approximate surface area is 94.2 Å². The molecule has 1 aromatic rings. The van der Waals surface area contributed by atoms with E-state index in [1.165, 1.54) is 12.1 Å². The van der Waals surface area contributed by atoms with Crippen molar-refractivity contribution in [2.24, 2.45) is 5.73 Å². The second-order valence-electron chi connectivity index (χ2n) is 2.61. The van der Waals surface area contributed by atoms with Gasteiger partial charge in [0.15, 0.2) is 0 Å². The molecule has 0 spiro atoms. The van der Waals surface area contributed by atoms with Crippen LogP contribution in [0.2, 0.25) is 0 Å². The van der Waals surface area contributed by atoms with Crippen molar-refractivity contribution in [3.63, 3.8) is 0 Å². The molecule has 1 aromatic carbocycles. The van der Waals surface area contributed by atoms with E-state index in [9.17, 15) is 9.59 Å². The van der Waals surface area contributed by atoms with Gasteiger partial charge in [0.1, 0.15) is 0 Å². The van der Waals surface area contributed by atoms with Crippen LogP contribution in [0.3, 0.4) is 0 Å². The number of primary amides is 1. The molecule has 1 rings (SSSR count). The van der Waals surface area contributed by atoms with Crippen LogP contribution < -0.4 is 5.73 Å². The van der Waals surface area contributed by atoms with E-state index < -0.39 is 11.9 Å². The van der Waals surface area contributed by atoms with Crippen LogP contribution in [0.5, 0.6) is 0 Å². The fourth-order valence-electron chi connectivity index (χ4n) is 0.931. The predicted molar refractivity (Wildman–Crippen MR) is 57.2 cm³/mol. The summed E-state index contributed by atoms with van der Waals surface area (Å²) in [4.78, 5) is 21.2. The van der Waals surface area contributed by atoms with Crippen molar-refractivity contribution in [1.82, 2.24) is 0 Å². The van der Waals surface area contributed by atoms with Gasteiger partial charge in [0, 0.05) is 16.0 Å². The van der Waals surface area contributed by atoms with Crippen molar-refractivity contribution < 1.29 is 14.7 Å². The van der Waals surface area contributed by atoms with Crippen molar-refractivity contribution in [2.45, 2.75) is 0 Å². The number of rotatable bonds is 1. The second-order valence-corrected chi connectivity index (χ2v) is 3.52. The molecule has 15 heavy (non-hydrogen) atoms. The maximum absolute atomic E-state index is 10.8. The molecule has 5 heteroatoms. The zero-order valence-electron chi connectivity index (χ0n) is 7.45. The van der Waals surface area contributed by atoms with Crippen molar-refractivity contribution in [3.05, 3.63) is 33.8 Å². The third-order valence-corrected chi connectivity index (χ3v) is 2.03. The summed E-state index contributed by atoms with van der Waals surface area (Å²) in [6.07, 6.45) is 0. The Hall–Kier alpha value is -1.80. The number of carboxylic acid groups (broad SMARTS) is 1. The Kier molecular flexibility index (Phi) is 3.47. The van der Waals surface area contributed by atoms with Crippen LogP contribution in [0.15, 0.2) is 22.7 Å². The lowest BCUT2D eigenvalue weighted by atomic mass is 10.1. The van der Waals surface area contributed by atoms with Crippen molar-refractivity contribution in [2.75, 3.05) is 0 Å². The van der Waals surface area contributed by atoms with Gasteiger partial charge in [0.05, 0.1) is 5.56 Å². The largest absolute Gasteiger partial charge is 0.478 e. The third kappa shape index (κ3) is 3.11. The predicted octanol–water partition coefficient (Wildman–Crippen LogP) is 0.984. The van der Waals surface area contributed by atoms with Crippen LogP contribution in [0, 0.1) is 11.8 Å². The minimum absolute atomic E-state index is 0.0260. The molecule has 0 aliphatic heterocycles. The molecular formula is C10H6BrNO3. The zero-order valence-corrected chi connectivity index (χ0v) is 9.04. The molecule has 0 atom stereocenters. The monoisotopic (exact) mass is 267 g/mol. The number of carbonyl (C=O) groups excluding carboxylic acids is 1. The quantitative estimate of drug-likeness (QED) is 0.745. The van der Waals surface area contributed by atoms with Gasteiger partial charge in [-0.25, -0.2) is 4.79 Å².